The first-order chi connectivity index (χ1) is 14.0. The Bertz CT molecular complexity index is 1100. The molecule has 0 radical (unpaired) electrons. The maximum absolute atomic E-state index is 12.8. The van der Waals surface area contributed by atoms with Gasteiger partial charge in [0, 0.05) is 24.1 Å². The van der Waals surface area contributed by atoms with Gasteiger partial charge >= 0.3 is 0 Å². The Labute approximate surface area is 168 Å². The molecule has 1 amide bonds. The molecule has 7 heteroatoms. The van der Waals surface area contributed by atoms with Gasteiger partial charge in [-0.15, -0.1) is 0 Å². The molecule has 0 aliphatic heterocycles. The second-order valence-corrected chi connectivity index (χ2v) is 7.49. The molecule has 4 rings (SSSR count). The van der Waals surface area contributed by atoms with E-state index in [-0.39, 0.29) is 29.2 Å². The smallest absolute Gasteiger partial charge is 0.270 e. The van der Waals surface area contributed by atoms with Crippen molar-refractivity contribution in [3.05, 3.63) is 70.0 Å². The quantitative estimate of drug-likeness (QED) is 0.738. The van der Waals surface area contributed by atoms with Crippen LogP contribution in [0, 0.1) is 13.8 Å². The van der Waals surface area contributed by atoms with Gasteiger partial charge in [0.1, 0.15) is 17.0 Å². The SMILES string of the molecule is Cc1ncccc1OC1CCC(NC(=O)c2cnc3cccc(C)n3c2=O)CC1. The van der Waals surface area contributed by atoms with Crippen LogP contribution in [0.3, 0.4) is 0 Å². The first kappa shape index (κ1) is 19.1. The number of carbonyl (C=O) groups is 1. The molecule has 3 aromatic rings. The Morgan fingerprint density at radius 3 is 2.66 bits per heavy atom. The highest BCUT2D eigenvalue weighted by atomic mass is 16.5. The average Bonchev–Trinajstić information content (AvgIpc) is 2.71. The van der Waals surface area contributed by atoms with Crippen LogP contribution in [0.5, 0.6) is 5.75 Å². The lowest BCUT2D eigenvalue weighted by atomic mass is 9.92. The normalized spacial score (nSPS) is 19.1. The minimum absolute atomic E-state index is 0.0225. The maximum atomic E-state index is 12.8. The second-order valence-electron chi connectivity index (χ2n) is 7.49. The fraction of sp³-hybridized carbons (Fsp3) is 0.364. The summed E-state index contributed by atoms with van der Waals surface area (Å²) >= 11 is 0. The maximum Gasteiger partial charge on any atom is 0.270 e. The molecule has 3 aromatic heterocycles. The summed E-state index contributed by atoms with van der Waals surface area (Å²) in [5, 5.41) is 3.00. The molecule has 1 aliphatic carbocycles. The van der Waals surface area contributed by atoms with Gasteiger partial charge in [0.2, 0.25) is 0 Å². The van der Waals surface area contributed by atoms with Gasteiger partial charge in [0.25, 0.3) is 11.5 Å². The van der Waals surface area contributed by atoms with Gasteiger partial charge in [0.05, 0.1) is 11.8 Å². The summed E-state index contributed by atoms with van der Waals surface area (Å²) < 4.78 is 7.53. The van der Waals surface area contributed by atoms with Gasteiger partial charge in [-0.2, -0.15) is 0 Å². The fourth-order valence-corrected chi connectivity index (χ4v) is 3.79. The number of aromatic nitrogens is 3. The Kier molecular flexibility index (Phi) is 5.29. The molecule has 0 spiro atoms. The molecule has 1 N–H and O–H groups in total. The topological polar surface area (TPSA) is 85.6 Å². The molecule has 3 heterocycles. The van der Waals surface area contributed by atoms with E-state index in [4.69, 9.17) is 4.74 Å². The van der Waals surface area contributed by atoms with Gasteiger partial charge in [-0.25, -0.2) is 4.98 Å². The van der Waals surface area contributed by atoms with E-state index >= 15 is 0 Å². The van der Waals surface area contributed by atoms with Crippen molar-refractivity contribution in [1.82, 2.24) is 19.7 Å². The van der Waals surface area contributed by atoms with Crippen molar-refractivity contribution < 1.29 is 9.53 Å². The number of ether oxygens (including phenoxy) is 1. The van der Waals surface area contributed by atoms with E-state index in [0.29, 0.717) is 5.65 Å². The van der Waals surface area contributed by atoms with E-state index in [1.165, 1.54) is 10.6 Å². The van der Waals surface area contributed by atoms with Crippen LogP contribution in [-0.2, 0) is 0 Å². The number of amides is 1. The lowest BCUT2D eigenvalue weighted by Gasteiger charge is -2.29. The van der Waals surface area contributed by atoms with Gasteiger partial charge in [-0.3, -0.25) is 19.0 Å². The highest BCUT2D eigenvalue weighted by Crippen LogP contribution is 2.25. The van der Waals surface area contributed by atoms with Crippen molar-refractivity contribution in [1.29, 1.82) is 0 Å². The largest absolute Gasteiger partial charge is 0.489 e. The molecule has 1 fully saturated rings. The predicted molar refractivity (Wildman–Crippen MR) is 109 cm³/mol. The standard InChI is InChI=1S/C22H24N4O3/c1-14-5-3-7-20-24-13-18(22(28)26(14)20)21(27)25-16-8-10-17(11-9-16)29-19-6-4-12-23-15(19)2/h3-7,12-13,16-17H,8-11H2,1-2H3,(H,25,27). The molecule has 0 bridgehead atoms. The number of fused-ring (bicyclic) bond motifs is 1. The van der Waals surface area contributed by atoms with Gasteiger partial charge < -0.3 is 10.1 Å². The molecule has 0 atom stereocenters. The van der Waals surface area contributed by atoms with E-state index in [9.17, 15) is 9.59 Å². The lowest BCUT2D eigenvalue weighted by molar-refractivity contribution is 0.0891. The summed E-state index contributed by atoms with van der Waals surface area (Å²) in [7, 11) is 0. The predicted octanol–water partition coefficient (Wildman–Crippen LogP) is 2.83. The van der Waals surface area contributed by atoms with E-state index in [1.54, 1.807) is 12.3 Å². The third-order valence-electron chi connectivity index (χ3n) is 5.43. The number of rotatable bonds is 4. The van der Waals surface area contributed by atoms with Crippen molar-refractivity contribution in [2.45, 2.75) is 51.7 Å². The molecular formula is C22H24N4O3. The first-order valence-corrected chi connectivity index (χ1v) is 9.89. The number of pyridine rings is 2. The molecular weight excluding hydrogens is 368 g/mol. The van der Waals surface area contributed by atoms with Crippen LogP contribution in [-0.4, -0.2) is 32.4 Å². The third kappa shape index (κ3) is 3.99. The number of hydrogen-bond acceptors (Lipinski definition) is 5. The van der Waals surface area contributed by atoms with Crippen LogP contribution < -0.4 is 15.6 Å². The van der Waals surface area contributed by atoms with Crippen LogP contribution in [0.4, 0.5) is 0 Å². The molecule has 0 unspecified atom stereocenters. The first-order valence-electron chi connectivity index (χ1n) is 9.89. The van der Waals surface area contributed by atoms with Crippen molar-refractivity contribution >= 4 is 11.6 Å². The zero-order valence-electron chi connectivity index (χ0n) is 16.6. The average molecular weight is 392 g/mol. The summed E-state index contributed by atoms with van der Waals surface area (Å²) in [5.41, 5.74) is 1.89. The second kappa shape index (κ2) is 8.03. The third-order valence-corrected chi connectivity index (χ3v) is 5.43. The van der Waals surface area contributed by atoms with Crippen molar-refractivity contribution in [3.63, 3.8) is 0 Å². The van der Waals surface area contributed by atoms with Crippen LogP contribution in [0.25, 0.3) is 5.65 Å². The number of nitrogens with one attached hydrogen (secondary N) is 1. The van der Waals surface area contributed by atoms with Gasteiger partial charge in [-0.1, -0.05) is 6.07 Å². The molecule has 0 aromatic carbocycles. The lowest BCUT2D eigenvalue weighted by Crippen LogP contribution is -2.42. The summed E-state index contributed by atoms with van der Waals surface area (Å²) in [6.07, 6.45) is 6.52. The number of nitrogens with zero attached hydrogens (tertiary/aromatic N) is 3. The Morgan fingerprint density at radius 1 is 1.10 bits per heavy atom. The van der Waals surface area contributed by atoms with E-state index < -0.39 is 0 Å². The number of hydrogen-bond donors (Lipinski definition) is 1. The van der Waals surface area contributed by atoms with E-state index in [0.717, 1.165) is 42.8 Å². The molecule has 7 nitrogen and oxygen atoms in total. The Morgan fingerprint density at radius 2 is 1.90 bits per heavy atom. The number of carbonyl (C=O) groups excluding carboxylic acids is 1. The van der Waals surface area contributed by atoms with Crippen molar-refractivity contribution in [3.8, 4) is 5.75 Å². The number of aryl methyl sites for hydroxylation is 2. The fourth-order valence-electron chi connectivity index (χ4n) is 3.79. The van der Waals surface area contributed by atoms with Crippen LogP contribution in [0.1, 0.15) is 47.4 Å². The van der Waals surface area contributed by atoms with E-state index in [1.807, 2.05) is 38.1 Å². The van der Waals surface area contributed by atoms with Crippen molar-refractivity contribution in [2.24, 2.45) is 0 Å². The molecule has 0 saturated heterocycles. The van der Waals surface area contributed by atoms with Gasteiger partial charge in [-0.05, 0) is 63.8 Å². The van der Waals surface area contributed by atoms with Crippen LogP contribution in [0.2, 0.25) is 0 Å². The molecule has 150 valence electrons. The Hall–Kier alpha value is -3.22. The summed E-state index contributed by atoms with van der Waals surface area (Å²) in [5.74, 6) is 0.443. The summed E-state index contributed by atoms with van der Waals surface area (Å²) in [6, 6.07) is 9.23. The summed E-state index contributed by atoms with van der Waals surface area (Å²) in [4.78, 5) is 34.0. The molecule has 1 aliphatic rings. The Balaban J connectivity index is 1.40. The highest BCUT2D eigenvalue weighted by molar-refractivity contribution is 5.93. The van der Waals surface area contributed by atoms with Crippen LogP contribution >= 0.6 is 0 Å². The van der Waals surface area contributed by atoms with Crippen LogP contribution in [0.15, 0.2) is 47.5 Å². The molecule has 1 saturated carbocycles. The zero-order chi connectivity index (χ0) is 20.4. The van der Waals surface area contributed by atoms with E-state index in [2.05, 4.69) is 15.3 Å². The zero-order valence-corrected chi connectivity index (χ0v) is 16.6. The van der Waals surface area contributed by atoms with Crippen molar-refractivity contribution in [2.75, 3.05) is 0 Å². The monoisotopic (exact) mass is 392 g/mol. The molecule has 29 heavy (non-hydrogen) atoms. The van der Waals surface area contributed by atoms with Gasteiger partial charge in [0.15, 0.2) is 0 Å². The minimum Gasteiger partial charge on any atom is -0.489 e. The minimum atomic E-state index is -0.368. The highest BCUT2D eigenvalue weighted by Gasteiger charge is 2.25. The summed E-state index contributed by atoms with van der Waals surface area (Å²) in [6.45, 7) is 3.75.